The van der Waals surface area contributed by atoms with Gasteiger partial charge in [-0.3, -0.25) is 14.6 Å². The number of phenolic OH excluding ortho intramolecular Hbond substituents is 2. The van der Waals surface area contributed by atoms with Gasteiger partial charge in [0.2, 0.25) is 5.91 Å². The van der Waals surface area contributed by atoms with E-state index < -0.39 is 94.0 Å². The van der Waals surface area contributed by atoms with Crippen molar-refractivity contribution in [3.8, 4) is 17.2 Å². The second-order valence-electron chi connectivity index (χ2n) is 10.8. The number of nitrogens with zero attached hydrogens (tertiary/aromatic N) is 3. The van der Waals surface area contributed by atoms with E-state index >= 15 is 0 Å². The second-order valence-corrected chi connectivity index (χ2v) is 11.2. The lowest BCUT2D eigenvalue weighted by Gasteiger charge is -2.31. The van der Waals surface area contributed by atoms with E-state index in [1.165, 1.54) is 35.5 Å². The summed E-state index contributed by atoms with van der Waals surface area (Å²) in [6.07, 6.45) is 2.59. The van der Waals surface area contributed by atoms with E-state index in [1.54, 1.807) is 0 Å². The van der Waals surface area contributed by atoms with Gasteiger partial charge in [0.15, 0.2) is 17.3 Å². The fourth-order valence-corrected chi connectivity index (χ4v) is 5.48. The Morgan fingerprint density at radius 2 is 1.80 bits per heavy atom. The van der Waals surface area contributed by atoms with Gasteiger partial charge < -0.3 is 45.8 Å². The van der Waals surface area contributed by atoms with E-state index in [0.29, 0.717) is 11.6 Å². The third kappa shape index (κ3) is 7.12. The van der Waals surface area contributed by atoms with Gasteiger partial charge in [0, 0.05) is 49.7 Å². The Balaban J connectivity index is 1.32. The zero-order valence-corrected chi connectivity index (χ0v) is 25.8. The van der Waals surface area contributed by atoms with E-state index in [-0.39, 0.29) is 38.2 Å². The number of rotatable bonds is 9. The summed E-state index contributed by atoms with van der Waals surface area (Å²) in [6, 6.07) is 1.70. The van der Waals surface area contributed by atoms with Gasteiger partial charge >= 0.3 is 25.1 Å². The first-order chi connectivity index (χ1) is 23.3. The lowest BCUT2D eigenvalue weighted by molar-refractivity contribution is -0.123. The molecule has 49 heavy (non-hydrogen) atoms. The molecule has 3 aromatic rings. The smallest absolute Gasteiger partial charge is 0.534 e. The van der Waals surface area contributed by atoms with Crippen LogP contribution in [-0.2, 0) is 11.2 Å². The number of carbonyl (C=O) groups excluding carboxylic acids is 4. The number of benzene rings is 2. The average Bonchev–Trinajstić information content (AvgIpc) is 3.44. The third-order valence-corrected chi connectivity index (χ3v) is 8.13. The number of aromatic hydroxyl groups is 2. The minimum absolute atomic E-state index is 0.0146. The van der Waals surface area contributed by atoms with E-state index in [0.717, 1.165) is 11.0 Å². The van der Waals surface area contributed by atoms with Crippen LogP contribution in [0.1, 0.15) is 37.9 Å². The molecule has 2 aromatic carbocycles. The topological polar surface area (TPSA) is 231 Å². The van der Waals surface area contributed by atoms with E-state index in [1.807, 2.05) is 0 Å². The molecule has 16 nitrogen and oxygen atoms in total. The monoisotopic (exact) mass is 702 g/mol. The molecule has 3 heterocycles. The minimum Gasteiger partial charge on any atom is -0.534 e. The van der Waals surface area contributed by atoms with Crippen LogP contribution < -0.4 is 20.6 Å². The van der Waals surface area contributed by atoms with Crippen molar-refractivity contribution in [2.45, 2.75) is 18.4 Å². The molecule has 1 aromatic heterocycles. The van der Waals surface area contributed by atoms with Crippen molar-refractivity contribution >= 4 is 48.6 Å². The van der Waals surface area contributed by atoms with Crippen LogP contribution in [0.2, 0.25) is 5.02 Å². The molecule has 1 saturated heterocycles. The number of pyridine rings is 1. The van der Waals surface area contributed by atoms with E-state index in [2.05, 4.69) is 20.9 Å². The molecule has 0 saturated carbocycles. The summed E-state index contributed by atoms with van der Waals surface area (Å²) >= 11 is 6.13. The van der Waals surface area contributed by atoms with Gasteiger partial charge in [0.05, 0.1) is 11.0 Å². The Bertz CT molecular complexity index is 1840. The normalized spacial score (nSPS) is 16.0. The molecule has 7 N–H and O–H groups in total. The second kappa shape index (κ2) is 14.2. The van der Waals surface area contributed by atoms with E-state index in [9.17, 15) is 53.1 Å². The highest BCUT2D eigenvalue weighted by Gasteiger charge is 2.42. The molecular formula is C29H26BClF2N6O10. The number of carboxylic acids is 1. The average molecular weight is 703 g/mol. The van der Waals surface area contributed by atoms with Gasteiger partial charge in [-0.1, -0.05) is 17.7 Å². The molecular weight excluding hydrogens is 677 g/mol. The first kappa shape index (κ1) is 34.6. The number of aromatic carboxylic acids is 1. The summed E-state index contributed by atoms with van der Waals surface area (Å²) in [5.41, 5.74) is -0.946. The minimum atomic E-state index is -1.96. The summed E-state index contributed by atoms with van der Waals surface area (Å²) in [5.74, 6) is -9.99. The Labute approximate surface area is 280 Å². The van der Waals surface area contributed by atoms with Crippen LogP contribution in [0, 0.1) is 11.6 Å². The summed E-state index contributed by atoms with van der Waals surface area (Å²) in [6.45, 7) is -0.0619. The fraction of sp³-hybridized carbons (Fsp3) is 0.241. The number of hydrogen-bond donors (Lipinski definition) is 7. The number of urea groups is 2. The Morgan fingerprint density at radius 3 is 2.49 bits per heavy atom. The molecule has 1 unspecified atom stereocenters. The number of amides is 6. The predicted octanol–water partition coefficient (Wildman–Crippen LogP) is 1.18. The molecule has 5 rings (SSSR count). The van der Waals surface area contributed by atoms with Crippen LogP contribution in [0.3, 0.4) is 0 Å². The van der Waals surface area contributed by atoms with Crippen molar-refractivity contribution in [3.63, 3.8) is 0 Å². The molecule has 2 aliphatic heterocycles. The van der Waals surface area contributed by atoms with Gasteiger partial charge in [-0.15, -0.1) is 0 Å². The first-order valence-electron chi connectivity index (χ1n) is 14.4. The van der Waals surface area contributed by atoms with Gasteiger partial charge in [-0.25, -0.2) is 28.1 Å². The van der Waals surface area contributed by atoms with Crippen molar-refractivity contribution in [1.29, 1.82) is 0 Å². The number of aromatic nitrogens is 1. The van der Waals surface area contributed by atoms with E-state index in [4.69, 9.17) is 16.3 Å². The maximum atomic E-state index is 14.5. The van der Waals surface area contributed by atoms with Crippen LogP contribution in [0.25, 0.3) is 0 Å². The lowest BCUT2D eigenvalue weighted by Crippen LogP contribution is -2.56. The van der Waals surface area contributed by atoms with Crippen molar-refractivity contribution in [2.75, 3.05) is 26.2 Å². The van der Waals surface area contributed by atoms with Gasteiger partial charge in [0.1, 0.15) is 23.2 Å². The highest BCUT2D eigenvalue weighted by atomic mass is 35.5. The molecule has 0 bridgehead atoms. The van der Waals surface area contributed by atoms with Crippen molar-refractivity contribution in [2.24, 2.45) is 0 Å². The Morgan fingerprint density at radius 1 is 1.08 bits per heavy atom. The van der Waals surface area contributed by atoms with Crippen molar-refractivity contribution in [3.05, 3.63) is 81.6 Å². The molecule has 20 heteroatoms. The number of carbonyl (C=O) groups is 5. The maximum Gasteiger partial charge on any atom is 0.547 e. The zero-order valence-electron chi connectivity index (χ0n) is 25.0. The SMILES string of the molecule is O=C(NCCN1CCN(C(=O)NC(C(=O)N[C@H]2Cc3ccc(F)c(C(=O)O)c3OB2O)c2cc(F)c(O)c(O)c2Cl)C1=O)c1ccncc1. The molecule has 2 aliphatic rings. The molecule has 1 fully saturated rings. The molecule has 0 spiro atoms. The summed E-state index contributed by atoms with van der Waals surface area (Å²) in [4.78, 5) is 69.7. The molecule has 6 amide bonds. The van der Waals surface area contributed by atoms with Crippen molar-refractivity contribution < 1.29 is 57.8 Å². The van der Waals surface area contributed by atoms with Gasteiger partial charge in [-0.05, 0) is 36.2 Å². The predicted molar refractivity (Wildman–Crippen MR) is 164 cm³/mol. The largest absolute Gasteiger partial charge is 0.547 e. The molecule has 0 aliphatic carbocycles. The van der Waals surface area contributed by atoms with Crippen LogP contribution in [-0.4, -0.2) is 104 Å². The Kier molecular flexibility index (Phi) is 10.0. The molecule has 0 radical (unpaired) electrons. The highest BCUT2D eigenvalue weighted by Crippen LogP contribution is 2.40. The van der Waals surface area contributed by atoms with Crippen LogP contribution in [0.15, 0.2) is 42.7 Å². The van der Waals surface area contributed by atoms with Gasteiger partial charge in [-0.2, -0.15) is 0 Å². The van der Waals surface area contributed by atoms with Crippen LogP contribution in [0.5, 0.6) is 17.2 Å². The standard InChI is InChI=1S/C29H26BClF2N6O10/c31-20-15(12-17(33)22(40)23(20)41)21(26(43)36-18-11-14-1-2-16(32)19(27(44)45)24(14)49-30(18)48)37-28(46)39-10-9-38(29(39)47)8-7-35-25(42)13-3-5-34-6-4-13/h1-6,12,18,21,40-41,48H,7-11H2,(H,35,42)(H,36,43)(H,37,46)(H,44,45)/t18-,21?/m0/s1. The quantitative estimate of drug-likeness (QED) is 0.124. The van der Waals surface area contributed by atoms with Gasteiger partial charge in [0.25, 0.3) is 5.91 Å². The van der Waals surface area contributed by atoms with Crippen LogP contribution >= 0.6 is 11.6 Å². The van der Waals surface area contributed by atoms with Crippen LogP contribution in [0.4, 0.5) is 18.4 Å². The Hall–Kier alpha value is -5.69. The highest BCUT2D eigenvalue weighted by molar-refractivity contribution is 6.47. The molecule has 256 valence electrons. The number of fused-ring (bicyclic) bond motifs is 1. The summed E-state index contributed by atoms with van der Waals surface area (Å²) in [5, 5.41) is 46.5. The summed E-state index contributed by atoms with van der Waals surface area (Å²) < 4.78 is 33.9. The van der Waals surface area contributed by atoms with Crippen molar-refractivity contribution in [1.82, 2.24) is 30.7 Å². The lowest BCUT2D eigenvalue weighted by atomic mass is 9.72. The zero-order chi connectivity index (χ0) is 35.6. The number of carboxylic acid groups (broad SMARTS) is 1. The fourth-order valence-electron chi connectivity index (χ4n) is 5.23. The number of nitrogens with one attached hydrogen (secondary N) is 3. The number of halogens is 3. The number of imide groups is 1. The summed E-state index contributed by atoms with van der Waals surface area (Å²) in [7, 11) is -1.93. The first-order valence-corrected chi connectivity index (χ1v) is 14.8. The number of hydrogen-bond acceptors (Lipinski definition) is 10. The maximum absolute atomic E-state index is 14.5. The molecule has 2 atom stereocenters. The third-order valence-electron chi connectivity index (χ3n) is 7.74. The number of phenols is 2.